The monoisotopic (exact) mass is 299 g/mol. The Bertz CT molecular complexity index is 572. The van der Waals surface area contributed by atoms with E-state index in [1.165, 1.54) is 5.56 Å². The molecule has 3 N–H and O–H groups in total. The highest BCUT2D eigenvalue weighted by molar-refractivity contribution is 5.92. The number of nitrogens with zero attached hydrogens (tertiary/aromatic N) is 3. The number of benzene rings is 1. The third kappa shape index (κ3) is 4.91. The van der Waals surface area contributed by atoms with Crippen molar-refractivity contribution in [3.63, 3.8) is 0 Å². The van der Waals surface area contributed by atoms with Crippen molar-refractivity contribution in [1.82, 2.24) is 9.55 Å². The minimum absolute atomic E-state index is 0.460. The van der Waals surface area contributed by atoms with Crippen LogP contribution < -0.4 is 11.1 Å². The Hall–Kier alpha value is -2.30. The van der Waals surface area contributed by atoms with Crippen LogP contribution in [0.2, 0.25) is 0 Å². The van der Waals surface area contributed by atoms with Gasteiger partial charge in [0, 0.05) is 31.2 Å². The van der Waals surface area contributed by atoms with Gasteiger partial charge in [-0.2, -0.15) is 0 Å². The van der Waals surface area contributed by atoms with Gasteiger partial charge in [0.1, 0.15) is 0 Å². The Balaban J connectivity index is 1.78. The number of aromatic nitrogens is 2. The maximum Gasteiger partial charge on any atom is 0.193 e. The molecule has 0 aliphatic rings. The van der Waals surface area contributed by atoms with E-state index in [9.17, 15) is 0 Å². The highest BCUT2D eigenvalue weighted by atomic mass is 15.1. The third-order valence-corrected chi connectivity index (χ3v) is 3.78. The lowest BCUT2D eigenvalue weighted by Crippen LogP contribution is -2.23. The van der Waals surface area contributed by atoms with Gasteiger partial charge < -0.3 is 15.6 Å². The molecule has 0 bridgehead atoms. The van der Waals surface area contributed by atoms with E-state index in [1.54, 1.807) is 6.20 Å². The Labute approximate surface area is 132 Å². The second-order valence-corrected chi connectivity index (χ2v) is 5.48. The molecule has 0 aliphatic carbocycles. The number of rotatable bonds is 7. The van der Waals surface area contributed by atoms with Crippen molar-refractivity contribution < 1.29 is 0 Å². The molecule has 2 rings (SSSR count). The molecule has 1 heterocycles. The highest BCUT2D eigenvalue weighted by Gasteiger charge is 2.02. The van der Waals surface area contributed by atoms with E-state index in [-0.39, 0.29) is 0 Å². The third-order valence-electron chi connectivity index (χ3n) is 3.78. The molecule has 0 radical (unpaired) electrons. The summed E-state index contributed by atoms with van der Waals surface area (Å²) in [5, 5.41) is 3.13. The summed E-state index contributed by atoms with van der Waals surface area (Å²) in [6, 6.07) is 8.39. The molecule has 0 spiro atoms. The smallest absolute Gasteiger partial charge is 0.193 e. The fourth-order valence-corrected chi connectivity index (χ4v) is 2.19. The zero-order chi connectivity index (χ0) is 15.8. The Kier molecular flexibility index (Phi) is 6.01. The van der Waals surface area contributed by atoms with E-state index in [1.807, 2.05) is 17.1 Å². The number of nitrogens with one attached hydrogen (secondary N) is 1. The van der Waals surface area contributed by atoms with Gasteiger partial charge in [-0.25, -0.2) is 4.98 Å². The van der Waals surface area contributed by atoms with Gasteiger partial charge in [-0.15, -0.1) is 0 Å². The van der Waals surface area contributed by atoms with Crippen molar-refractivity contribution >= 4 is 11.6 Å². The molecule has 2 aromatic rings. The van der Waals surface area contributed by atoms with Gasteiger partial charge in [0.2, 0.25) is 0 Å². The summed E-state index contributed by atoms with van der Waals surface area (Å²) in [6.07, 6.45) is 7.62. The second kappa shape index (κ2) is 8.22. The standard InChI is InChI=1S/C17H25N5/c1-3-14(2)15-5-7-16(8-6-15)21-17(18)20-9-4-11-22-12-10-19-13-22/h5-8,10,12-14H,3-4,9,11H2,1-2H3,(H3,18,20,21). The zero-order valence-corrected chi connectivity index (χ0v) is 13.4. The summed E-state index contributed by atoms with van der Waals surface area (Å²) in [7, 11) is 0. The van der Waals surface area contributed by atoms with Crippen LogP contribution in [0, 0.1) is 0 Å². The summed E-state index contributed by atoms with van der Waals surface area (Å²) in [5.41, 5.74) is 8.23. The number of guanidine groups is 1. The van der Waals surface area contributed by atoms with Gasteiger partial charge in [0.25, 0.3) is 0 Å². The Morgan fingerprint density at radius 2 is 2.14 bits per heavy atom. The van der Waals surface area contributed by atoms with Crippen molar-refractivity contribution in [2.75, 3.05) is 11.9 Å². The first-order valence-corrected chi connectivity index (χ1v) is 7.81. The second-order valence-electron chi connectivity index (χ2n) is 5.48. The quantitative estimate of drug-likeness (QED) is 0.468. The van der Waals surface area contributed by atoms with Gasteiger partial charge in [-0.3, -0.25) is 4.99 Å². The van der Waals surface area contributed by atoms with Crippen LogP contribution in [-0.2, 0) is 6.54 Å². The average molecular weight is 299 g/mol. The molecule has 5 heteroatoms. The Morgan fingerprint density at radius 1 is 1.36 bits per heavy atom. The first-order chi connectivity index (χ1) is 10.7. The molecule has 0 amide bonds. The van der Waals surface area contributed by atoms with E-state index in [0.717, 1.165) is 25.1 Å². The van der Waals surface area contributed by atoms with Crippen LogP contribution in [0.4, 0.5) is 5.69 Å². The molecule has 118 valence electrons. The predicted octanol–water partition coefficient (Wildman–Crippen LogP) is 3.21. The minimum atomic E-state index is 0.460. The number of nitrogens with two attached hydrogens (primary N) is 1. The predicted molar refractivity (Wildman–Crippen MR) is 92.1 cm³/mol. The molecular formula is C17H25N5. The molecule has 0 aliphatic heterocycles. The lowest BCUT2D eigenvalue weighted by molar-refractivity contribution is 0.650. The topological polar surface area (TPSA) is 68.2 Å². The molecule has 0 saturated carbocycles. The van der Waals surface area contributed by atoms with E-state index < -0.39 is 0 Å². The van der Waals surface area contributed by atoms with Crippen LogP contribution in [0.3, 0.4) is 0 Å². The van der Waals surface area contributed by atoms with Crippen molar-refractivity contribution in [3.8, 4) is 0 Å². The lowest BCUT2D eigenvalue weighted by atomic mass is 9.99. The molecule has 1 unspecified atom stereocenters. The number of hydrogen-bond acceptors (Lipinski definition) is 2. The average Bonchev–Trinajstić information content (AvgIpc) is 3.05. The van der Waals surface area contributed by atoms with Gasteiger partial charge >= 0.3 is 0 Å². The summed E-state index contributed by atoms with van der Waals surface area (Å²) in [4.78, 5) is 8.35. The molecule has 0 fully saturated rings. The number of aliphatic imine (C=N–C) groups is 1. The van der Waals surface area contributed by atoms with Gasteiger partial charge in [0.15, 0.2) is 5.96 Å². The molecule has 22 heavy (non-hydrogen) atoms. The van der Waals surface area contributed by atoms with E-state index in [4.69, 9.17) is 5.73 Å². The largest absolute Gasteiger partial charge is 0.370 e. The Morgan fingerprint density at radius 3 is 2.77 bits per heavy atom. The maximum absolute atomic E-state index is 5.91. The molecule has 1 aromatic heterocycles. The number of anilines is 1. The summed E-state index contributed by atoms with van der Waals surface area (Å²) < 4.78 is 2.03. The van der Waals surface area contributed by atoms with Gasteiger partial charge in [-0.1, -0.05) is 26.0 Å². The van der Waals surface area contributed by atoms with Crippen LogP contribution in [0.1, 0.15) is 38.2 Å². The van der Waals surface area contributed by atoms with Crippen LogP contribution >= 0.6 is 0 Å². The van der Waals surface area contributed by atoms with Crippen LogP contribution in [0.25, 0.3) is 0 Å². The fourth-order valence-electron chi connectivity index (χ4n) is 2.19. The first-order valence-electron chi connectivity index (χ1n) is 7.81. The van der Waals surface area contributed by atoms with Crippen molar-refractivity contribution in [1.29, 1.82) is 0 Å². The van der Waals surface area contributed by atoms with E-state index in [0.29, 0.717) is 18.4 Å². The van der Waals surface area contributed by atoms with Crippen molar-refractivity contribution in [3.05, 3.63) is 48.5 Å². The SMILES string of the molecule is CCC(C)c1ccc(NC(N)=NCCCn2ccnc2)cc1. The van der Waals surface area contributed by atoms with Crippen molar-refractivity contribution in [2.24, 2.45) is 10.7 Å². The summed E-state index contributed by atoms with van der Waals surface area (Å²) >= 11 is 0. The number of imidazole rings is 1. The maximum atomic E-state index is 5.91. The van der Waals surface area contributed by atoms with Crippen LogP contribution in [-0.4, -0.2) is 22.1 Å². The minimum Gasteiger partial charge on any atom is -0.370 e. The number of aryl methyl sites for hydroxylation is 1. The number of hydrogen-bond donors (Lipinski definition) is 2. The summed E-state index contributed by atoms with van der Waals surface area (Å²) in [5.74, 6) is 1.05. The first kappa shape index (κ1) is 16.1. The van der Waals surface area contributed by atoms with Crippen molar-refractivity contribution in [2.45, 2.75) is 39.2 Å². The fraction of sp³-hybridized carbons (Fsp3) is 0.412. The van der Waals surface area contributed by atoms with Gasteiger partial charge in [-0.05, 0) is 36.5 Å². The van der Waals surface area contributed by atoms with Gasteiger partial charge in [0.05, 0.1) is 6.33 Å². The molecule has 1 aromatic carbocycles. The van der Waals surface area contributed by atoms with Crippen LogP contribution in [0.5, 0.6) is 0 Å². The van der Waals surface area contributed by atoms with Crippen LogP contribution in [0.15, 0.2) is 48.0 Å². The zero-order valence-electron chi connectivity index (χ0n) is 13.4. The van der Waals surface area contributed by atoms with E-state index >= 15 is 0 Å². The molecule has 5 nitrogen and oxygen atoms in total. The summed E-state index contributed by atoms with van der Waals surface area (Å²) in [6.45, 7) is 6.03. The lowest BCUT2D eigenvalue weighted by Gasteiger charge is -2.10. The molecular weight excluding hydrogens is 274 g/mol. The van der Waals surface area contributed by atoms with E-state index in [2.05, 4.69) is 53.4 Å². The highest BCUT2D eigenvalue weighted by Crippen LogP contribution is 2.20. The molecule has 1 atom stereocenters. The normalized spacial score (nSPS) is 13.1. The molecule has 0 saturated heterocycles.